The first kappa shape index (κ1) is 13.1. The maximum atomic E-state index is 9.22. The number of hydrogen-bond acceptors (Lipinski definition) is 2. The highest BCUT2D eigenvalue weighted by Gasteiger charge is 1.99. The molecule has 0 bridgehead atoms. The molecule has 0 amide bonds. The zero-order valence-corrected chi connectivity index (χ0v) is 10.4. The van der Waals surface area contributed by atoms with E-state index in [1.54, 1.807) is 30.3 Å². The van der Waals surface area contributed by atoms with Crippen molar-refractivity contribution in [2.24, 2.45) is 0 Å². The van der Waals surface area contributed by atoms with Crippen molar-refractivity contribution in [2.75, 3.05) is 0 Å². The molecule has 0 aromatic heterocycles. The van der Waals surface area contributed by atoms with Gasteiger partial charge in [0, 0.05) is 0 Å². The van der Waals surface area contributed by atoms with Gasteiger partial charge in [0.2, 0.25) is 0 Å². The first-order chi connectivity index (χ1) is 8.02. The fourth-order valence-electron chi connectivity index (χ4n) is 1.37. The lowest BCUT2D eigenvalue weighted by Crippen LogP contribution is -1.85. The van der Waals surface area contributed by atoms with E-state index in [1.807, 2.05) is 32.9 Å². The molecule has 0 saturated heterocycles. The number of hydrogen-bond donors (Lipinski definition) is 2. The Morgan fingerprint density at radius 3 is 1.71 bits per heavy atom. The number of phenolic OH excluding ortho intramolecular Hbond substituents is 2. The van der Waals surface area contributed by atoms with E-state index in [2.05, 4.69) is 0 Å². The average Bonchev–Trinajstić information content (AvgIpc) is 2.33. The summed E-state index contributed by atoms with van der Waals surface area (Å²) >= 11 is 0. The summed E-state index contributed by atoms with van der Waals surface area (Å²) in [5.74, 6) is 0.714. The lowest BCUT2D eigenvalue weighted by Gasteiger charge is -2.04. The minimum atomic E-state index is 0.322. The minimum absolute atomic E-state index is 0.322. The van der Waals surface area contributed by atoms with Crippen LogP contribution in [0.1, 0.15) is 16.7 Å². The topological polar surface area (TPSA) is 40.5 Å². The molecule has 0 aliphatic rings. The van der Waals surface area contributed by atoms with Crippen LogP contribution in [0.4, 0.5) is 0 Å². The number of benzene rings is 2. The Hall–Kier alpha value is -1.96. The molecule has 2 heteroatoms. The summed E-state index contributed by atoms with van der Waals surface area (Å²) in [5.41, 5.74) is 3.40. The highest BCUT2D eigenvalue weighted by Crippen LogP contribution is 2.21. The Kier molecular flexibility index (Phi) is 4.58. The molecule has 0 aliphatic carbocycles. The van der Waals surface area contributed by atoms with Crippen LogP contribution in [0, 0.1) is 20.8 Å². The number of aromatic hydroxyl groups is 2. The van der Waals surface area contributed by atoms with Crippen molar-refractivity contribution >= 4 is 0 Å². The van der Waals surface area contributed by atoms with Crippen LogP contribution in [0.5, 0.6) is 11.5 Å². The van der Waals surface area contributed by atoms with Crippen molar-refractivity contribution in [3.05, 3.63) is 59.2 Å². The highest BCUT2D eigenvalue weighted by atomic mass is 16.3. The van der Waals surface area contributed by atoms with Crippen LogP contribution in [-0.4, -0.2) is 10.2 Å². The Morgan fingerprint density at radius 1 is 0.706 bits per heavy atom. The Balaban J connectivity index is 0.000000181. The largest absolute Gasteiger partial charge is 0.508 e. The Morgan fingerprint density at radius 2 is 1.29 bits per heavy atom. The van der Waals surface area contributed by atoms with Gasteiger partial charge in [0.05, 0.1) is 0 Å². The van der Waals surface area contributed by atoms with Gasteiger partial charge in [-0.3, -0.25) is 0 Å². The molecular weight excluding hydrogens is 212 g/mol. The lowest BCUT2D eigenvalue weighted by atomic mass is 10.0. The summed E-state index contributed by atoms with van der Waals surface area (Å²) in [6, 6.07) is 12.4. The summed E-state index contributed by atoms with van der Waals surface area (Å²) in [6.45, 7) is 5.99. The average molecular weight is 230 g/mol. The Labute approximate surface area is 102 Å². The second-order valence-electron chi connectivity index (χ2n) is 3.99. The number of rotatable bonds is 0. The minimum Gasteiger partial charge on any atom is -0.508 e. The second kappa shape index (κ2) is 5.94. The van der Waals surface area contributed by atoms with E-state index in [0.717, 1.165) is 5.56 Å². The first-order valence-electron chi connectivity index (χ1n) is 5.52. The third kappa shape index (κ3) is 3.83. The van der Waals surface area contributed by atoms with Crippen molar-refractivity contribution < 1.29 is 10.2 Å². The van der Waals surface area contributed by atoms with Crippen molar-refractivity contribution in [3.63, 3.8) is 0 Å². The van der Waals surface area contributed by atoms with E-state index in [9.17, 15) is 5.11 Å². The predicted molar refractivity (Wildman–Crippen MR) is 70.4 cm³/mol. The van der Waals surface area contributed by atoms with Crippen LogP contribution in [0.25, 0.3) is 0 Å². The number of para-hydroxylation sites is 1. The third-order valence-corrected chi connectivity index (χ3v) is 2.79. The van der Waals surface area contributed by atoms with E-state index >= 15 is 0 Å². The number of aryl methyl sites for hydroxylation is 1. The maximum absolute atomic E-state index is 9.22. The summed E-state index contributed by atoms with van der Waals surface area (Å²) in [6.07, 6.45) is 0. The van der Waals surface area contributed by atoms with E-state index in [0.29, 0.717) is 11.5 Å². The summed E-state index contributed by atoms with van der Waals surface area (Å²) in [4.78, 5) is 0. The molecule has 2 nitrogen and oxygen atoms in total. The molecule has 0 radical (unpaired) electrons. The first-order valence-corrected chi connectivity index (χ1v) is 5.52. The van der Waals surface area contributed by atoms with Crippen LogP contribution >= 0.6 is 0 Å². The predicted octanol–water partition coefficient (Wildman–Crippen LogP) is 3.71. The van der Waals surface area contributed by atoms with Gasteiger partial charge in [0.1, 0.15) is 11.5 Å². The quantitative estimate of drug-likeness (QED) is 0.724. The zero-order chi connectivity index (χ0) is 12.8. The molecule has 0 fully saturated rings. The smallest absolute Gasteiger partial charge is 0.118 e. The van der Waals surface area contributed by atoms with Crippen molar-refractivity contribution in [1.82, 2.24) is 0 Å². The summed E-state index contributed by atoms with van der Waals surface area (Å²) < 4.78 is 0. The van der Waals surface area contributed by atoms with E-state index in [4.69, 9.17) is 5.11 Å². The molecule has 0 heterocycles. The van der Waals surface area contributed by atoms with Crippen LogP contribution in [-0.2, 0) is 0 Å². The molecule has 2 aromatic carbocycles. The molecule has 2 N–H and O–H groups in total. The lowest BCUT2D eigenvalue weighted by molar-refractivity contribution is 0.470. The Bertz CT molecular complexity index is 449. The van der Waals surface area contributed by atoms with Gasteiger partial charge in [0.15, 0.2) is 0 Å². The molecule has 2 rings (SSSR count). The maximum Gasteiger partial charge on any atom is 0.118 e. The molecule has 0 atom stereocenters. The van der Waals surface area contributed by atoms with Crippen LogP contribution < -0.4 is 0 Å². The van der Waals surface area contributed by atoms with Crippen molar-refractivity contribution in [2.45, 2.75) is 20.8 Å². The van der Waals surface area contributed by atoms with Crippen molar-refractivity contribution in [1.29, 1.82) is 0 Å². The SMILES string of the molecule is Cc1ccc(O)c(C)c1C.Oc1ccccc1. The molecule has 2 aromatic rings. The standard InChI is InChI=1S/C9H12O.C6H6O/c1-6-4-5-9(10)8(3)7(6)2;7-6-4-2-1-3-5-6/h4-5,10H,1-3H3;1-5,7H. The highest BCUT2D eigenvalue weighted by molar-refractivity contribution is 5.41. The summed E-state index contributed by atoms with van der Waals surface area (Å²) in [7, 11) is 0. The molecule has 0 saturated carbocycles. The van der Waals surface area contributed by atoms with Gasteiger partial charge in [-0.05, 0) is 55.7 Å². The zero-order valence-electron chi connectivity index (χ0n) is 10.4. The fourth-order valence-corrected chi connectivity index (χ4v) is 1.37. The summed E-state index contributed by atoms with van der Waals surface area (Å²) in [5, 5.41) is 17.9. The van der Waals surface area contributed by atoms with Gasteiger partial charge >= 0.3 is 0 Å². The monoisotopic (exact) mass is 230 g/mol. The number of phenols is 2. The van der Waals surface area contributed by atoms with Crippen LogP contribution in [0.15, 0.2) is 42.5 Å². The molecule has 90 valence electrons. The molecule has 0 spiro atoms. The normalized spacial score (nSPS) is 9.35. The van der Waals surface area contributed by atoms with Crippen LogP contribution in [0.2, 0.25) is 0 Å². The molecule has 0 unspecified atom stereocenters. The molecule has 0 aliphatic heterocycles. The van der Waals surface area contributed by atoms with Gasteiger partial charge in [0.25, 0.3) is 0 Å². The fraction of sp³-hybridized carbons (Fsp3) is 0.200. The van der Waals surface area contributed by atoms with E-state index in [-0.39, 0.29) is 0 Å². The third-order valence-electron chi connectivity index (χ3n) is 2.79. The molecular formula is C15H18O2. The van der Waals surface area contributed by atoms with Gasteiger partial charge in [-0.15, -0.1) is 0 Å². The van der Waals surface area contributed by atoms with Crippen molar-refractivity contribution in [3.8, 4) is 11.5 Å². The molecule has 17 heavy (non-hydrogen) atoms. The van der Waals surface area contributed by atoms with Gasteiger partial charge in [-0.2, -0.15) is 0 Å². The van der Waals surface area contributed by atoms with E-state index < -0.39 is 0 Å². The van der Waals surface area contributed by atoms with Gasteiger partial charge in [-0.25, -0.2) is 0 Å². The van der Waals surface area contributed by atoms with Crippen LogP contribution in [0.3, 0.4) is 0 Å². The van der Waals surface area contributed by atoms with Gasteiger partial charge < -0.3 is 10.2 Å². The van der Waals surface area contributed by atoms with Gasteiger partial charge in [-0.1, -0.05) is 24.3 Å². The second-order valence-corrected chi connectivity index (χ2v) is 3.99. The van der Waals surface area contributed by atoms with E-state index in [1.165, 1.54) is 11.1 Å².